The minimum Gasteiger partial charge on any atom is -0.351 e. The molecule has 0 aliphatic carbocycles. The van der Waals surface area contributed by atoms with Gasteiger partial charge in [0.15, 0.2) is 0 Å². The molecule has 0 bridgehead atoms. The number of anilines is 1. The standard InChI is InChI=1S/C7H8N6/c8-13-12-6-2-5-11-7-9-3-1-4-10-7/h1-4,6H,5H2,(H,9,10,11). The average molecular weight is 176 g/mol. The lowest BCUT2D eigenvalue weighted by molar-refractivity contribution is 1.12. The first-order valence-corrected chi connectivity index (χ1v) is 3.63. The van der Waals surface area contributed by atoms with Crippen molar-refractivity contribution in [3.63, 3.8) is 0 Å². The van der Waals surface area contributed by atoms with E-state index in [0.29, 0.717) is 12.5 Å². The van der Waals surface area contributed by atoms with Crippen molar-refractivity contribution < 1.29 is 0 Å². The van der Waals surface area contributed by atoms with Crippen molar-refractivity contribution in [2.75, 3.05) is 11.9 Å². The van der Waals surface area contributed by atoms with Crippen LogP contribution in [0.25, 0.3) is 10.4 Å². The average Bonchev–Trinajstić information content (AvgIpc) is 2.19. The molecule has 66 valence electrons. The quantitative estimate of drug-likeness (QED) is 0.430. The van der Waals surface area contributed by atoms with E-state index in [-0.39, 0.29) is 0 Å². The summed E-state index contributed by atoms with van der Waals surface area (Å²) >= 11 is 0. The molecule has 0 amide bonds. The highest BCUT2D eigenvalue weighted by Crippen LogP contribution is 1.92. The van der Waals surface area contributed by atoms with E-state index in [1.165, 1.54) is 6.20 Å². The Morgan fingerprint density at radius 2 is 2.31 bits per heavy atom. The molecule has 1 aromatic heterocycles. The Morgan fingerprint density at radius 3 is 3.00 bits per heavy atom. The first-order chi connectivity index (χ1) is 6.43. The third-order valence-corrected chi connectivity index (χ3v) is 1.17. The normalized spacial score (nSPS) is 9.54. The molecule has 1 aromatic rings. The molecule has 0 spiro atoms. The largest absolute Gasteiger partial charge is 0.351 e. The Hall–Kier alpha value is -2.07. The Balaban J connectivity index is 2.32. The summed E-state index contributed by atoms with van der Waals surface area (Å²) in [5, 5.41) is 6.13. The van der Waals surface area contributed by atoms with Crippen LogP contribution in [-0.4, -0.2) is 16.5 Å². The molecule has 0 fully saturated rings. The highest BCUT2D eigenvalue weighted by Gasteiger charge is 1.87. The summed E-state index contributed by atoms with van der Waals surface area (Å²) in [4.78, 5) is 10.4. The maximum Gasteiger partial charge on any atom is 0.222 e. The molecule has 0 atom stereocenters. The summed E-state index contributed by atoms with van der Waals surface area (Å²) in [5.41, 5.74) is 7.94. The molecular weight excluding hydrogens is 168 g/mol. The van der Waals surface area contributed by atoms with E-state index in [0.717, 1.165) is 0 Å². The van der Waals surface area contributed by atoms with Crippen LogP contribution in [0.2, 0.25) is 0 Å². The molecule has 0 radical (unpaired) electrons. The van der Waals surface area contributed by atoms with Gasteiger partial charge in [-0.2, -0.15) is 0 Å². The van der Waals surface area contributed by atoms with Crippen molar-refractivity contribution in [2.45, 2.75) is 0 Å². The fourth-order valence-corrected chi connectivity index (χ4v) is 0.670. The second kappa shape index (κ2) is 5.56. The van der Waals surface area contributed by atoms with Crippen LogP contribution >= 0.6 is 0 Å². The molecule has 6 heteroatoms. The zero-order chi connectivity index (χ0) is 9.36. The summed E-state index contributed by atoms with van der Waals surface area (Å²) in [6.45, 7) is 0.531. The Bertz CT molecular complexity index is 313. The molecule has 1 heterocycles. The monoisotopic (exact) mass is 176 g/mol. The van der Waals surface area contributed by atoms with Crippen LogP contribution in [0.15, 0.2) is 35.9 Å². The molecule has 1 N–H and O–H groups in total. The lowest BCUT2D eigenvalue weighted by Crippen LogP contribution is -2.01. The highest BCUT2D eigenvalue weighted by atomic mass is 15.1. The molecule has 6 nitrogen and oxygen atoms in total. The van der Waals surface area contributed by atoms with Gasteiger partial charge in [-0.1, -0.05) is 11.2 Å². The number of rotatable bonds is 4. The summed E-state index contributed by atoms with van der Waals surface area (Å²) < 4.78 is 0. The predicted octanol–water partition coefficient (Wildman–Crippen LogP) is 1.71. The van der Waals surface area contributed by atoms with Gasteiger partial charge in [0.25, 0.3) is 0 Å². The molecule has 13 heavy (non-hydrogen) atoms. The van der Waals surface area contributed by atoms with Crippen LogP contribution in [0.5, 0.6) is 0 Å². The van der Waals surface area contributed by atoms with E-state index in [2.05, 4.69) is 25.3 Å². The van der Waals surface area contributed by atoms with E-state index in [1.807, 2.05) is 0 Å². The fourth-order valence-electron chi connectivity index (χ4n) is 0.670. The number of nitrogens with zero attached hydrogens (tertiary/aromatic N) is 5. The zero-order valence-corrected chi connectivity index (χ0v) is 6.83. The van der Waals surface area contributed by atoms with Gasteiger partial charge >= 0.3 is 0 Å². The number of nitrogens with one attached hydrogen (secondary N) is 1. The molecule has 0 saturated heterocycles. The van der Waals surface area contributed by atoms with Gasteiger partial charge in [-0.05, 0) is 17.8 Å². The number of azide groups is 1. The molecular formula is C7H8N6. The summed E-state index contributed by atoms with van der Waals surface area (Å²) in [5.74, 6) is 0.549. The van der Waals surface area contributed by atoms with Crippen molar-refractivity contribution in [3.05, 3.63) is 41.2 Å². The van der Waals surface area contributed by atoms with Crippen LogP contribution in [0, 0.1) is 0 Å². The number of hydrogen-bond acceptors (Lipinski definition) is 4. The van der Waals surface area contributed by atoms with E-state index >= 15 is 0 Å². The fraction of sp³-hybridized carbons (Fsp3) is 0.143. The number of hydrogen-bond donors (Lipinski definition) is 1. The summed E-state index contributed by atoms with van der Waals surface area (Å²) in [6.07, 6.45) is 6.34. The SMILES string of the molecule is [N-]=[N+]=NC=CCNc1ncccn1. The first kappa shape index (κ1) is 9.02. The predicted molar refractivity (Wildman–Crippen MR) is 48.8 cm³/mol. The van der Waals surface area contributed by atoms with Crippen molar-refractivity contribution in [3.8, 4) is 0 Å². The third kappa shape index (κ3) is 3.74. The van der Waals surface area contributed by atoms with Crippen LogP contribution in [0.4, 0.5) is 5.95 Å². The van der Waals surface area contributed by atoms with E-state index in [4.69, 9.17) is 5.53 Å². The topological polar surface area (TPSA) is 86.6 Å². The smallest absolute Gasteiger partial charge is 0.222 e. The van der Waals surface area contributed by atoms with Crippen molar-refractivity contribution in [1.29, 1.82) is 0 Å². The van der Waals surface area contributed by atoms with E-state index in [9.17, 15) is 0 Å². The Kier molecular flexibility index (Phi) is 3.86. The van der Waals surface area contributed by atoms with E-state index in [1.54, 1.807) is 24.5 Å². The summed E-state index contributed by atoms with van der Waals surface area (Å²) in [6, 6.07) is 1.74. The maximum absolute atomic E-state index is 7.94. The minimum atomic E-state index is 0.531. The third-order valence-electron chi connectivity index (χ3n) is 1.17. The van der Waals surface area contributed by atoms with Crippen molar-refractivity contribution >= 4 is 5.95 Å². The lowest BCUT2D eigenvalue weighted by atomic mass is 10.6. The second-order valence-electron chi connectivity index (χ2n) is 2.04. The van der Waals surface area contributed by atoms with Crippen molar-refractivity contribution in [2.24, 2.45) is 5.11 Å². The van der Waals surface area contributed by atoms with Gasteiger partial charge in [0.2, 0.25) is 5.95 Å². The van der Waals surface area contributed by atoms with Crippen LogP contribution < -0.4 is 5.32 Å². The molecule has 1 rings (SSSR count). The Morgan fingerprint density at radius 1 is 1.54 bits per heavy atom. The lowest BCUT2D eigenvalue weighted by Gasteiger charge is -1.97. The second-order valence-corrected chi connectivity index (χ2v) is 2.04. The van der Waals surface area contributed by atoms with Gasteiger partial charge in [-0.15, -0.1) is 0 Å². The zero-order valence-electron chi connectivity index (χ0n) is 6.83. The van der Waals surface area contributed by atoms with Gasteiger partial charge in [0, 0.05) is 23.9 Å². The Labute approximate surface area is 75.0 Å². The highest BCUT2D eigenvalue weighted by molar-refractivity contribution is 5.23. The maximum atomic E-state index is 7.94. The molecule has 0 aliphatic rings. The number of aromatic nitrogens is 2. The van der Waals surface area contributed by atoms with Gasteiger partial charge in [-0.3, -0.25) is 0 Å². The van der Waals surface area contributed by atoms with Gasteiger partial charge in [0.05, 0.1) is 0 Å². The molecule has 0 aliphatic heterocycles. The van der Waals surface area contributed by atoms with Gasteiger partial charge in [-0.25, -0.2) is 9.97 Å². The minimum absolute atomic E-state index is 0.531. The molecule has 0 aromatic carbocycles. The van der Waals surface area contributed by atoms with Crippen LogP contribution in [0.3, 0.4) is 0 Å². The van der Waals surface area contributed by atoms with Crippen LogP contribution in [0.1, 0.15) is 0 Å². The van der Waals surface area contributed by atoms with Gasteiger partial charge in [0.1, 0.15) is 0 Å². The first-order valence-electron chi connectivity index (χ1n) is 3.63. The van der Waals surface area contributed by atoms with Gasteiger partial charge < -0.3 is 5.32 Å². The van der Waals surface area contributed by atoms with E-state index < -0.39 is 0 Å². The molecule has 0 saturated carbocycles. The van der Waals surface area contributed by atoms with Crippen LogP contribution in [-0.2, 0) is 0 Å². The molecule has 0 unspecified atom stereocenters. The summed E-state index contributed by atoms with van der Waals surface area (Å²) in [7, 11) is 0. The van der Waals surface area contributed by atoms with Crippen molar-refractivity contribution in [1.82, 2.24) is 9.97 Å².